The second kappa shape index (κ2) is 6.17. The Labute approximate surface area is 180 Å². The Kier molecular flexibility index (Phi) is 3.69. The van der Waals surface area contributed by atoms with Gasteiger partial charge in [0.15, 0.2) is 0 Å². The van der Waals surface area contributed by atoms with Gasteiger partial charge in [0.05, 0.1) is 25.0 Å². The number of carbonyl (C=O) groups excluding carboxylic acids is 3. The maximum atomic E-state index is 14.0. The van der Waals surface area contributed by atoms with Crippen LogP contribution in [-0.4, -0.2) is 37.4 Å². The summed E-state index contributed by atoms with van der Waals surface area (Å²) in [4.78, 5) is 43.7. The number of quaternary nitrogens is 1. The number of hydrogen-bond donors (Lipinski definition) is 2. The number of para-hydroxylation sites is 2. The Morgan fingerprint density at radius 1 is 1.13 bits per heavy atom. The summed E-state index contributed by atoms with van der Waals surface area (Å²) in [5.41, 5.74) is 2.04. The predicted molar refractivity (Wildman–Crippen MR) is 113 cm³/mol. The van der Waals surface area contributed by atoms with E-state index in [0.29, 0.717) is 11.4 Å². The van der Waals surface area contributed by atoms with Gasteiger partial charge in [-0.2, -0.15) is 0 Å². The molecule has 1 spiro atoms. The number of rotatable bonds is 2. The number of nitrogens with zero attached hydrogens (tertiary/aromatic N) is 1. The van der Waals surface area contributed by atoms with E-state index in [9.17, 15) is 14.4 Å². The fourth-order valence-corrected chi connectivity index (χ4v) is 6.63. The molecule has 0 aromatic heterocycles. The molecule has 3 fully saturated rings. The first kappa shape index (κ1) is 18.6. The molecule has 0 saturated carbocycles. The van der Waals surface area contributed by atoms with E-state index in [-0.39, 0.29) is 23.8 Å². The van der Waals surface area contributed by atoms with Crippen LogP contribution in [0.5, 0.6) is 5.75 Å². The lowest BCUT2D eigenvalue weighted by molar-refractivity contribution is -0.948. The summed E-state index contributed by atoms with van der Waals surface area (Å²) in [7, 11) is 1.53. The lowest BCUT2D eigenvalue weighted by atomic mass is 9.75. The summed E-state index contributed by atoms with van der Waals surface area (Å²) < 4.78 is 5.44. The molecule has 4 aliphatic rings. The first-order valence-corrected chi connectivity index (χ1v) is 10.8. The monoisotopic (exact) mass is 418 g/mol. The molecule has 3 amide bonds. The number of methoxy groups -OCH3 is 1. The van der Waals surface area contributed by atoms with Gasteiger partial charge >= 0.3 is 0 Å². The smallest absolute Gasteiger partial charge is 0.291 e. The average molecular weight is 418 g/mol. The van der Waals surface area contributed by atoms with Crippen molar-refractivity contribution < 1.29 is 24.0 Å². The van der Waals surface area contributed by atoms with E-state index in [1.807, 2.05) is 31.2 Å². The van der Waals surface area contributed by atoms with Gasteiger partial charge in [-0.05, 0) is 31.2 Å². The van der Waals surface area contributed by atoms with Crippen LogP contribution in [0.1, 0.15) is 24.0 Å². The zero-order valence-corrected chi connectivity index (χ0v) is 17.5. The standard InChI is InChI=1S/C24H23N3O4/c1-13-9-10-15-14(12-13)24(23(30)25-15)20-19(17-7-5-11-26(17)24)21(28)27(22(20)29)16-6-3-4-8-18(16)31-2/h3-4,6,8-10,12,17,19-20H,5,7,11H2,1-2H3,(H,25,30)/p+1/t17-,19+,20-,24-/m0/s1. The second-order valence-electron chi connectivity index (χ2n) is 9.02. The third kappa shape index (κ3) is 2.09. The molecule has 1 unspecified atom stereocenters. The number of nitrogens with one attached hydrogen (secondary N) is 2. The number of ether oxygens (including phenoxy) is 1. The molecule has 3 saturated heterocycles. The largest absolute Gasteiger partial charge is 0.495 e. The van der Waals surface area contributed by atoms with Gasteiger partial charge in [-0.25, -0.2) is 4.90 Å². The fourth-order valence-electron chi connectivity index (χ4n) is 6.63. The summed E-state index contributed by atoms with van der Waals surface area (Å²) in [5, 5.41) is 3.03. The molecule has 158 valence electrons. The van der Waals surface area contributed by atoms with Crippen LogP contribution in [0.3, 0.4) is 0 Å². The number of imide groups is 1. The van der Waals surface area contributed by atoms with Crippen LogP contribution in [0, 0.1) is 18.8 Å². The highest BCUT2D eigenvalue weighted by molar-refractivity contribution is 6.25. The van der Waals surface area contributed by atoms with Crippen LogP contribution in [0.4, 0.5) is 11.4 Å². The van der Waals surface area contributed by atoms with Crippen molar-refractivity contribution in [3.8, 4) is 5.75 Å². The van der Waals surface area contributed by atoms with Gasteiger partial charge < -0.3 is 15.0 Å². The van der Waals surface area contributed by atoms with E-state index >= 15 is 0 Å². The van der Waals surface area contributed by atoms with Crippen LogP contribution in [0.2, 0.25) is 0 Å². The number of hydrogen-bond acceptors (Lipinski definition) is 4. The topological polar surface area (TPSA) is 80.1 Å². The molecule has 4 heterocycles. The van der Waals surface area contributed by atoms with Gasteiger partial charge in [0.25, 0.3) is 5.91 Å². The third-order valence-electron chi connectivity index (χ3n) is 7.70. The number of anilines is 2. The molecule has 0 aliphatic carbocycles. The lowest BCUT2D eigenvalue weighted by Crippen LogP contribution is -3.19. The van der Waals surface area contributed by atoms with Crippen LogP contribution in [0.15, 0.2) is 42.5 Å². The molecule has 4 aliphatic heterocycles. The van der Waals surface area contributed by atoms with E-state index in [1.54, 1.807) is 18.2 Å². The number of amides is 3. The summed E-state index contributed by atoms with van der Waals surface area (Å²) in [6.45, 7) is 2.77. The van der Waals surface area contributed by atoms with Crippen LogP contribution in [-0.2, 0) is 19.9 Å². The van der Waals surface area contributed by atoms with Gasteiger partial charge in [-0.15, -0.1) is 0 Å². The summed E-state index contributed by atoms with van der Waals surface area (Å²) in [5.74, 6) is -1.42. The normalized spacial score (nSPS) is 33.0. The van der Waals surface area contributed by atoms with E-state index in [4.69, 9.17) is 4.74 Å². The van der Waals surface area contributed by atoms with Crippen LogP contribution < -0.4 is 19.9 Å². The molecule has 5 atom stereocenters. The minimum Gasteiger partial charge on any atom is -0.495 e. The molecule has 2 aromatic rings. The quantitative estimate of drug-likeness (QED) is 0.714. The fraction of sp³-hybridized carbons (Fsp3) is 0.375. The minimum absolute atomic E-state index is 0.0432. The minimum atomic E-state index is -1.06. The SMILES string of the molecule is COc1ccccc1N1C(=O)[C@H]2[C@@H](C1=O)[C@@]1(C(=O)Nc3ccc(C)cc31)[NH+]1CCC[C@@H]21. The average Bonchev–Trinajstić information content (AvgIpc) is 3.47. The first-order chi connectivity index (χ1) is 15.0. The Morgan fingerprint density at radius 3 is 2.74 bits per heavy atom. The molecule has 2 N–H and O–H groups in total. The van der Waals surface area contributed by atoms with Crippen LogP contribution in [0.25, 0.3) is 0 Å². The van der Waals surface area contributed by atoms with Crippen molar-refractivity contribution in [2.75, 3.05) is 23.9 Å². The van der Waals surface area contributed by atoms with Crippen molar-refractivity contribution >= 4 is 29.1 Å². The van der Waals surface area contributed by atoms with Gasteiger partial charge in [-0.1, -0.05) is 23.8 Å². The summed E-state index contributed by atoms with van der Waals surface area (Å²) in [6.07, 6.45) is 1.78. The van der Waals surface area contributed by atoms with Crippen molar-refractivity contribution in [2.45, 2.75) is 31.3 Å². The Bertz CT molecular complexity index is 1160. The van der Waals surface area contributed by atoms with Gasteiger partial charge in [0.1, 0.15) is 23.6 Å². The maximum absolute atomic E-state index is 14.0. The highest BCUT2D eigenvalue weighted by Gasteiger charge is 2.78. The van der Waals surface area contributed by atoms with Crippen molar-refractivity contribution in [3.63, 3.8) is 0 Å². The number of benzene rings is 2. The Balaban J connectivity index is 1.57. The molecule has 7 heteroatoms. The lowest BCUT2D eigenvalue weighted by Gasteiger charge is -2.33. The van der Waals surface area contributed by atoms with Gasteiger partial charge in [0, 0.05) is 18.4 Å². The van der Waals surface area contributed by atoms with Crippen molar-refractivity contribution in [3.05, 3.63) is 53.6 Å². The maximum Gasteiger partial charge on any atom is 0.291 e. The van der Waals surface area contributed by atoms with E-state index in [2.05, 4.69) is 5.32 Å². The molecule has 0 bridgehead atoms. The first-order valence-electron chi connectivity index (χ1n) is 10.8. The Hall–Kier alpha value is -3.19. The summed E-state index contributed by atoms with van der Waals surface area (Å²) >= 11 is 0. The van der Waals surface area contributed by atoms with E-state index in [1.165, 1.54) is 12.0 Å². The van der Waals surface area contributed by atoms with E-state index < -0.39 is 17.4 Å². The highest BCUT2D eigenvalue weighted by Crippen LogP contribution is 2.53. The van der Waals surface area contributed by atoms with Crippen LogP contribution >= 0.6 is 0 Å². The molecule has 2 aromatic carbocycles. The number of aryl methyl sites for hydroxylation is 1. The number of carbonyl (C=O) groups is 3. The number of fused-ring (bicyclic) bond motifs is 7. The zero-order valence-electron chi connectivity index (χ0n) is 17.5. The van der Waals surface area contributed by atoms with E-state index in [0.717, 1.165) is 41.1 Å². The second-order valence-corrected chi connectivity index (χ2v) is 9.02. The van der Waals surface area contributed by atoms with Crippen molar-refractivity contribution in [1.82, 2.24) is 0 Å². The molecule has 7 nitrogen and oxygen atoms in total. The molecule has 6 rings (SSSR count). The zero-order chi connectivity index (χ0) is 21.5. The highest BCUT2D eigenvalue weighted by atomic mass is 16.5. The third-order valence-corrected chi connectivity index (χ3v) is 7.70. The molecular formula is C24H24N3O4+. The predicted octanol–water partition coefficient (Wildman–Crippen LogP) is 1.02. The molecular weight excluding hydrogens is 394 g/mol. The van der Waals surface area contributed by atoms with Gasteiger partial charge in [-0.3, -0.25) is 14.4 Å². The van der Waals surface area contributed by atoms with Gasteiger partial charge in [0.2, 0.25) is 17.4 Å². The summed E-state index contributed by atoms with van der Waals surface area (Å²) in [6, 6.07) is 12.9. The Morgan fingerprint density at radius 2 is 1.94 bits per heavy atom. The van der Waals surface area contributed by atoms with Crippen molar-refractivity contribution in [2.24, 2.45) is 11.8 Å². The molecule has 0 radical (unpaired) electrons. The molecule has 31 heavy (non-hydrogen) atoms. The van der Waals surface area contributed by atoms with Crippen molar-refractivity contribution in [1.29, 1.82) is 0 Å².